The number of fused-ring (bicyclic) bond motifs is 1. The minimum absolute atomic E-state index is 0.0273. The highest BCUT2D eigenvalue weighted by Gasteiger charge is 2.14. The van der Waals surface area contributed by atoms with Crippen LogP contribution < -0.4 is 20.3 Å². The first-order chi connectivity index (χ1) is 14.4. The molecule has 2 heterocycles. The van der Waals surface area contributed by atoms with Gasteiger partial charge in [-0.15, -0.1) is 11.3 Å². The van der Waals surface area contributed by atoms with Gasteiger partial charge in [-0.2, -0.15) is 0 Å². The Bertz CT molecular complexity index is 1140. The van der Waals surface area contributed by atoms with E-state index in [1.54, 1.807) is 18.4 Å². The number of aromatic nitrogens is 3. The Morgan fingerprint density at radius 1 is 1.20 bits per heavy atom. The molecule has 1 N–H and O–H groups in total. The molecule has 0 bridgehead atoms. The molecule has 3 rings (SSSR count). The molecule has 3 aromatic rings. The lowest BCUT2D eigenvalue weighted by atomic mass is 10.2. The zero-order valence-electron chi connectivity index (χ0n) is 16.6. The van der Waals surface area contributed by atoms with Gasteiger partial charge in [0.1, 0.15) is 6.54 Å². The third kappa shape index (κ3) is 4.74. The van der Waals surface area contributed by atoms with Crippen molar-refractivity contribution in [2.45, 2.75) is 19.9 Å². The van der Waals surface area contributed by atoms with E-state index in [0.29, 0.717) is 39.8 Å². The minimum atomic E-state index is -0.448. The molecule has 30 heavy (non-hydrogen) atoms. The lowest BCUT2D eigenvalue weighted by Gasteiger charge is -2.10. The van der Waals surface area contributed by atoms with E-state index in [1.165, 1.54) is 42.5 Å². The number of amides is 1. The second-order valence-corrected chi connectivity index (χ2v) is 6.93. The molecular weight excluding hydrogens is 412 g/mol. The van der Waals surface area contributed by atoms with Crippen molar-refractivity contribution >= 4 is 39.2 Å². The third-order valence-corrected chi connectivity index (χ3v) is 4.88. The first-order valence-corrected chi connectivity index (χ1v) is 9.84. The standard InChI is InChI=1S/C19H20N4O6S/c1-4-29-17(25)5-11-9-30-19(21-11)22-16(24)8-23-10-20-13-7-15(28-3)14(27-2)6-12(13)18(23)26/h6-7,9-10H,4-5,8H2,1-3H3,(H,21,22,24). The van der Waals surface area contributed by atoms with Gasteiger partial charge in [-0.05, 0) is 13.0 Å². The van der Waals surface area contributed by atoms with Crippen molar-refractivity contribution in [2.24, 2.45) is 0 Å². The van der Waals surface area contributed by atoms with E-state index in [2.05, 4.69) is 15.3 Å². The van der Waals surface area contributed by atoms with Gasteiger partial charge in [0.2, 0.25) is 5.91 Å². The normalized spacial score (nSPS) is 10.6. The highest BCUT2D eigenvalue weighted by Crippen LogP contribution is 2.29. The van der Waals surface area contributed by atoms with Crippen LogP contribution in [0.5, 0.6) is 11.5 Å². The van der Waals surface area contributed by atoms with Crippen LogP contribution in [-0.4, -0.2) is 47.2 Å². The van der Waals surface area contributed by atoms with Gasteiger partial charge in [0.15, 0.2) is 16.6 Å². The first kappa shape index (κ1) is 21.2. The number of carbonyl (C=O) groups is 2. The summed E-state index contributed by atoms with van der Waals surface area (Å²) in [5, 5.41) is 4.91. The highest BCUT2D eigenvalue weighted by atomic mass is 32.1. The molecule has 0 saturated heterocycles. The van der Waals surface area contributed by atoms with Crippen molar-refractivity contribution in [1.29, 1.82) is 0 Å². The van der Waals surface area contributed by atoms with E-state index in [4.69, 9.17) is 14.2 Å². The number of thiazole rings is 1. The van der Waals surface area contributed by atoms with E-state index in [0.717, 1.165) is 0 Å². The summed E-state index contributed by atoms with van der Waals surface area (Å²) in [7, 11) is 2.96. The second kappa shape index (κ2) is 9.35. The monoisotopic (exact) mass is 432 g/mol. The van der Waals surface area contributed by atoms with Crippen LogP contribution in [0, 0.1) is 0 Å². The van der Waals surface area contributed by atoms with Gasteiger partial charge in [0.05, 0.1) is 50.2 Å². The Morgan fingerprint density at radius 3 is 2.63 bits per heavy atom. The molecule has 2 aromatic heterocycles. The number of anilines is 1. The van der Waals surface area contributed by atoms with Gasteiger partial charge < -0.3 is 19.5 Å². The molecule has 1 aromatic carbocycles. The number of esters is 1. The van der Waals surface area contributed by atoms with E-state index in [1.807, 2.05) is 0 Å². The molecule has 0 fully saturated rings. The molecule has 0 spiro atoms. The second-order valence-electron chi connectivity index (χ2n) is 6.08. The molecule has 1 amide bonds. The number of benzene rings is 1. The maximum absolute atomic E-state index is 12.8. The largest absolute Gasteiger partial charge is 0.493 e. The molecule has 0 atom stereocenters. The Kier molecular flexibility index (Phi) is 6.62. The van der Waals surface area contributed by atoms with Crippen LogP contribution >= 0.6 is 11.3 Å². The molecule has 0 radical (unpaired) electrons. The fourth-order valence-corrected chi connectivity index (χ4v) is 3.44. The molecule has 0 aliphatic heterocycles. The number of hydrogen-bond donors (Lipinski definition) is 1. The summed E-state index contributed by atoms with van der Waals surface area (Å²) in [6.45, 7) is 1.77. The van der Waals surface area contributed by atoms with Gasteiger partial charge in [0.25, 0.3) is 5.56 Å². The van der Waals surface area contributed by atoms with E-state index < -0.39 is 11.5 Å². The van der Waals surface area contributed by atoms with E-state index in [-0.39, 0.29) is 18.9 Å². The molecule has 0 unspecified atom stereocenters. The van der Waals surface area contributed by atoms with Gasteiger partial charge in [-0.25, -0.2) is 9.97 Å². The van der Waals surface area contributed by atoms with E-state index >= 15 is 0 Å². The summed E-state index contributed by atoms with van der Waals surface area (Å²) in [6.07, 6.45) is 1.32. The topological polar surface area (TPSA) is 122 Å². The average molecular weight is 432 g/mol. The molecule has 0 aliphatic rings. The number of rotatable bonds is 8. The number of methoxy groups -OCH3 is 2. The predicted octanol–water partition coefficient (Wildman–Crippen LogP) is 1.61. The summed E-state index contributed by atoms with van der Waals surface area (Å²) in [5.41, 5.74) is 0.537. The first-order valence-electron chi connectivity index (χ1n) is 8.96. The lowest BCUT2D eigenvalue weighted by Crippen LogP contribution is -2.28. The van der Waals surface area contributed by atoms with Gasteiger partial charge >= 0.3 is 5.97 Å². The summed E-state index contributed by atoms with van der Waals surface area (Å²) < 4.78 is 16.5. The number of hydrogen-bond acceptors (Lipinski definition) is 9. The molecular formula is C19H20N4O6S. The van der Waals surface area contributed by atoms with Gasteiger partial charge in [-0.1, -0.05) is 0 Å². The molecule has 0 aliphatic carbocycles. The summed E-state index contributed by atoms with van der Waals surface area (Å²) in [5.74, 6) is 0.00934. The fourth-order valence-electron chi connectivity index (χ4n) is 2.72. The average Bonchev–Trinajstić information content (AvgIpc) is 3.15. The van der Waals surface area contributed by atoms with Crippen molar-refractivity contribution in [2.75, 3.05) is 26.1 Å². The van der Waals surface area contributed by atoms with Crippen LogP contribution in [0.4, 0.5) is 5.13 Å². The Balaban J connectivity index is 1.74. The van der Waals surface area contributed by atoms with Crippen molar-refractivity contribution in [3.8, 4) is 11.5 Å². The Labute approximate surface area is 175 Å². The van der Waals surface area contributed by atoms with Crippen LogP contribution in [0.1, 0.15) is 12.6 Å². The number of nitrogens with one attached hydrogen (secondary N) is 1. The quantitative estimate of drug-likeness (QED) is 0.533. The van der Waals surface area contributed by atoms with Crippen LogP contribution in [0.2, 0.25) is 0 Å². The van der Waals surface area contributed by atoms with Crippen molar-refractivity contribution in [3.05, 3.63) is 39.9 Å². The molecule has 11 heteroatoms. The van der Waals surface area contributed by atoms with Gasteiger partial charge in [0, 0.05) is 11.4 Å². The van der Waals surface area contributed by atoms with Crippen LogP contribution in [0.3, 0.4) is 0 Å². The summed E-state index contributed by atoms with van der Waals surface area (Å²) >= 11 is 1.18. The highest BCUT2D eigenvalue weighted by molar-refractivity contribution is 7.13. The van der Waals surface area contributed by atoms with E-state index in [9.17, 15) is 14.4 Å². The summed E-state index contributed by atoms with van der Waals surface area (Å²) in [4.78, 5) is 45.0. The molecule has 0 saturated carbocycles. The number of ether oxygens (including phenoxy) is 3. The molecule has 158 valence electrons. The fraction of sp³-hybridized carbons (Fsp3) is 0.316. The number of nitrogens with zero attached hydrogens (tertiary/aromatic N) is 3. The lowest BCUT2D eigenvalue weighted by molar-refractivity contribution is -0.142. The van der Waals surface area contributed by atoms with Gasteiger partial charge in [-0.3, -0.25) is 19.0 Å². The minimum Gasteiger partial charge on any atom is -0.493 e. The smallest absolute Gasteiger partial charge is 0.311 e. The van der Waals surface area contributed by atoms with Crippen LogP contribution in [0.15, 0.2) is 28.6 Å². The molecule has 10 nitrogen and oxygen atoms in total. The maximum Gasteiger partial charge on any atom is 0.311 e. The Morgan fingerprint density at radius 2 is 1.93 bits per heavy atom. The zero-order valence-corrected chi connectivity index (χ0v) is 17.4. The predicted molar refractivity (Wildman–Crippen MR) is 110 cm³/mol. The van der Waals surface area contributed by atoms with Crippen LogP contribution in [-0.2, 0) is 27.3 Å². The van der Waals surface area contributed by atoms with Crippen molar-refractivity contribution < 1.29 is 23.8 Å². The third-order valence-electron chi connectivity index (χ3n) is 4.07. The maximum atomic E-state index is 12.8. The Hall–Kier alpha value is -3.47. The van der Waals surface area contributed by atoms with Crippen molar-refractivity contribution in [3.63, 3.8) is 0 Å². The number of carbonyl (C=O) groups excluding carboxylic acids is 2. The van der Waals surface area contributed by atoms with Crippen molar-refractivity contribution in [1.82, 2.24) is 14.5 Å². The van der Waals surface area contributed by atoms with Crippen LogP contribution in [0.25, 0.3) is 10.9 Å². The zero-order chi connectivity index (χ0) is 21.7. The SMILES string of the molecule is CCOC(=O)Cc1csc(NC(=O)Cn2cnc3cc(OC)c(OC)cc3c2=O)n1. The summed E-state index contributed by atoms with van der Waals surface area (Å²) in [6, 6.07) is 3.13.